The molecular weight excluding hydrogens is 252 g/mol. The number of rotatable bonds is 4. The molecule has 0 aliphatic rings. The van der Waals surface area contributed by atoms with Gasteiger partial charge in [0.2, 0.25) is 5.91 Å². The fourth-order valence-electron chi connectivity index (χ4n) is 2.21. The summed E-state index contributed by atoms with van der Waals surface area (Å²) in [5, 5.41) is 0. The van der Waals surface area contributed by atoms with E-state index in [9.17, 15) is 9.59 Å². The zero-order valence-electron chi connectivity index (χ0n) is 11.5. The SMILES string of the molecule is Cc1cc(C(=O)CCl)c(C)n1C(C)C(=O)N(C)C. The molecule has 100 valence electrons. The van der Waals surface area contributed by atoms with E-state index in [4.69, 9.17) is 11.6 Å². The lowest BCUT2D eigenvalue weighted by atomic mass is 10.2. The summed E-state index contributed by atoms with van der Waals surface area (Å²) in [6, 6.07) is 1.47. The highest BCUT2D eigenvalue weighted by Gasteiger charge is 2.23. The summed E-state index contributed by atoms with van der Waals surface area (Å²) in [7, 11) is 3.44. The Morgan fingerprint density at radius 1 is 1.39 bits per heavy atom. The highest BCUT2D eigenvalue weighted by atomic mass is 35.5. The van der Waals surface area contributed by atoms with Gasteiger partial charge in [0, 0.05) is 31.0 Å². The van der Waals surface area contributed by atoms with Crippen LogP contribution in [0.4, 0.5) is 0 Å². The number of Topliss-reactive ketones (excluding diaryl/α,β-unsaturated/α-hetero) is 1. The molecule has 0 aliphatic heterocycles. The quantitative estimate of drug-likeness (QED) is 0.622. The van der Waals surface area contributed by atoms with Crippen LogP contribution in [0.5, 0.6) is 0 Å². The van der Waals surface area contributed by atoms with Gasteiger partial charge in [-0.2, -0.15) is 0 Å². The third-order valence-electron chi connectivity index (χ3n) is 3.09. The minimum Gasteiger partial charge on any atom is -0.347 e. The molecule has 5 heteroatoms. The van der Waals surface area contributed by atoms with Crippen LogP contribution in [0.2, 0.25) is 0 Å². The van der Waals surface area contributed by atoms with E-state index >= 15 is 0 Å². The van der Waals surface area contributed by atoms with E-state index in [2.05, 4.69) is 0 Å². The van der Waals surface area contributed by atoms with Gasteiger partial charge in [0.15, 0.2) is 5.78 Å². The molecule has 0 radical (unpaired) electrons. The molecule has 0 aromatic carbocycles. The monoisotopic (exact) mass is 270 g/mol. The van der Waals surface area contributed by atoms with E-state index in [0.29, 0.717) is 5.56 Å². The Morgan fingerprint density at radius 2 is 1.94 bits per heavy atom. The van der Waals surface area contributed by atoms with Crippen molar-refractivity contribution in [3.63, 3.8) is 0 Å². The number of hydrogen-bond acceptors (Lipinski definition) is 2. The van der Waals surface area contributed by atoms with Crippen molar-refractivity contribution in [3.8, 4) is 0 Å². The van der Waals surface area contributed by atoms with Crippen LogP contribution in [0.1, 0.15) is 34.7 Å². The van der Waals surface area contributed by atoms with Crippen molar-refractivity contribution in [1.82, 2.24) is 9.47 Å². The second kappa shape index (κ2) is 5.57. The van der Waals surface area contributed by atoms with Gasteiger partial charge in [0.1, 0.15) is 6.04 Å². The van der Waals surface area contributed by atoms with E-state index < -0.39 is 0 Å². The summed E-state index contributed by atoms with van der Waals surface area (Å²) in [6.07, 6.45) is 0. The standard InChI is InChI=1S/C13H19ClN2O2/c1-8-6-11(12(17)7-14)9(2)16(8)10(3)13(18)15(4)5/h6,10H,7H2,1-5H3. The van der Waals surface area contributed by atoms with Crippen molar-refractivity contribution in [2.45, 2.75) is 26.8 Å². The predicted octanol–water partition coefficient (Wildman–Crippen LogP) is 2.18. The molecule has 0 fully saturated rings. The molecule has 1 unspecified atom stereocenters. The van der Waals surface area contributed by atoms with Gasteiger partial charge in [-0.15, -0.1) is 11.6 Å². The number of halogens is 1. The van der Waals surface area contributed by atoms with Gasteiger partial charge in [-0.1, -0.05) is 0 Å². The lowest BCUT2D eigenvalue weighted by Gasteiger charge is -2.21. The summed E-state index contributed by atoms with van der Waals surface area (Å²) >= 11 is 5.58. The predicted molar refractivity (Wildman–Crippen MR) is 72.4 cm³/mol. The molecule has 0 bridgehead atoms. The number of nitrogens with zero attached hydrogens (tertiary/aromatic N) is 2. The Bertz CT molecular complexity index is 478. The van der Waals surface area contributed by atoms with Crippen LogP contribution >= 0.6 is 11.6 Å². The maximum atomic E-state index is 12.0. The molecule has 1 aromatic rings. The van der Waals surface area contributed by atoms with Gasteiger partial charge in [-0.25, -0.2) is 0 Å². The number of carbonyl (C=O) groups excluding carboxylic acids is 2. The average Bonchev–Trinajstić information content (AvgIpc) is 2.62. The molecule has 18 heavy (non-hydrogen) atoms. The van der Waals surface area contributed by atoms with Crippen molar-refractivity contribution >= 4 is 23.3 Å². The molecule has 0 saturated carbocycles. The third-order valence-corrected chi connectivity index (χ3v) is 3.33. The number of hydrogen-bond donors (Lipinski definition) is 0. The highest BCUT2D eigenvalue weighted by Crippen LogP contribution is 2.22. The second-order valence-corrected chi connectivity index (χ2v) is 4.89. The van der Waals surface area contributed by atoms with E-state index in [-0.39, 0.29) is 23.6 Å². The molecule has 1 heterocycles. The van der Waals surface area contributed by atoms with E-state index in [1.807, 2.05) is 25.3 Å². The van der Waals surface area contributed by atoms with Crippen molar-refractivity contribution in [3.05, 3.63) is 23.0 Å². The Hall–Kier alpha value is -1.29. The Labute approximate surface area is 113 Å². The molecule has 0 saturated heterocycles. The second-order valence-electron chi connectivity index (χ2n) is 4.62. The first-order valence-corrected chi connectivity index (χ1v) is 6.33. The molecule has 0 spiro atoms. The fourth-order valence-corrected chi connectivity index (χ4v) is 2.36. The highest BCUT2D eigenvalue weighted by molar-refractivity contribution is 6.30. The first-order chi connectivity index (χ1) is 8.31. The maximum Gasteiger partial charge on any atom is 0.244 e. The zero-order valence-corrected chi connectivity index (χ0v) is 12.2. The topological polar surface area (TPSA) is 42.3 Å². The summed E-state index contributed by atoms with van der Waals surface area (Å²) in [5.74, 6) is -0.150. The van der Waals surface area contributed by atoms with Gasteiger partial charge < -0.3 is 9.47 Å². The Balaban J connectivity index is 3.22. The number of amides is 1. The first kappa shape index (κ1) is 14.8. The molecule has 1 aromatic heterocycles. The van der Waals surface area contributed by atoms with Gasteiger partial charge in [-0.05, 0) is 26.8 Å². The Morgan fingerprint density at radius 3 is 2.39 bits per heavy atom. The first-order valence-electron chi connectivity index (χ1n) is 5.80. The molecule has 1 atom stereocenters. The molecule has 0 aliphatic carbocycles. The number of aromatic nitrogens is 1. The maximum absolute atomic E-state index is 12.0. The van der Waals surface area contributed by atoms with Crippen molar-refractivity contribution < 1.29 is 9.59 Å². The van der Waals surface area contributed by atoms with E-state index in [1.54, 1.807) is 25.1 Å². The number of carbonyl (C=O) groups is 2. The summed E-state index contributed by atoms with van der Waals surface area (Å²) in [6.45, 7) is 5.56. The average molecular weight is 271 g/mol. The number of alkyl halides is 1. The molecule has 4 nitrogen and oxygen atoms in total. The molecule has 1 amide bonds. The normalized spacial score (nSPS) is 12.3. The smallest absolute Gasteiger partial charge is 0.244 e. The van der Waals surface area contributed by atoms with Gasteiger partial charge in [0.05, 0.1) is 5.88 Å². The van der Waals surface area contributed by atoms with Crippen LogP contribution in [0.15, 0.2) is 6.07 Å². The van der Waals surface area contributed by atoms with Gasteiger partial charge >= 0.3 is 0 Å². The van der Waals surface area contributed by atoms with Crippen LogP contribution in [0.3, 0.4) is 0 Å². The van der Waals surface area contributed by atoms with Gasteiger partial charge in [0.25, 0.3) is 0 Å². The van der Waals surface area contributed by atoms with Crippen LogP contribution in [-0.2, 0) is 4.79 Å². The van der Waals surface area contributed by atoms with E-state index in [0.717, 1.165) is 11.4 Å². The minimum absolute atomic E-state index is 0.00155. The zero-order chi connectivity index (χ0) is 14.0. The lowest BCUT2D eigenvalue weighted by molar-refractivity contribution is -0.131. The third kappa shape index (κ3) is 2.58. The minimum atomic E-state index is -0.322. The number of likely N-dealkylation sites (N-methyl/N-ethyl adjacent to an activating group) is 1. The summed E-state index contributed by atoms with van der Waals surface area (Å²) < 4.78 is 1.88. The van der Waals surface area contributed by atoms with Crippen molar-refractivity contribution in [1.29, 1.82) is 0 Å². The van der Waals surface area contributed by atoms with E-state index in [1.165, 1.54) is 0 Å². The van der Waals surface area contributed by atoms with Crippen LogP contribution in [0.25, 0.3) is 0 Å². The van der Waals surface area contributed by atoms with Crippen LogP contribution in [-0.4, -0.2) is 41.1 Å². The molecule has 1 rings (SSSR count). The summed E-state index contributed by atoms with van der Waals surface area (Å²) in [5.41, 5.74) is 2.28. The van der Waals surface area contributed by atoms with Crippen LogP contribution < -0.4 is 0 Å². The van der Waals surface area contributed by atoms with Crippen molar-refractivity contribution in [2.75, 3.05) is 20.0 Å². The largest absolute Gasteiger partial charge is 0.347 e. The van der Waals surface area contributed by atoms with Crippen LogP contribution in [0, 0.1) is 13.8 Å². The Kier molecular flexibility index (Phi) is 4.57. The number of aryl methyl sites for hydroxylation is 1. The fraction of sp³-hybridized carbons (Fsp3) is 0.538. The van der Waals surface area contributed by atoms with Gasteiger partial charge in [-0.3, -0.25) is 9.59 Å². The summed E-state index contributed by atoms with van der Waals surface area (Å²) in [4.78, 5) is 25.2. The molecule has 0 N–H and O–H groups in total. The molecular formula is C13H19ClN2O2. The van der Waals surface area contributed by atoms with Crippen molar-refractivity contribution in [2.24, 2.45) is 0 Å². The number of ketones is 1. The lowest BCUT2D eigenvalue weighted by Crippen LogP contribution is -2.30.